The van der Waals surface area contributed by atoms with E-state index in [1.165, 1.54) is 10.1 Å². The molecular formula is C41H24N4S. The van der Waals surface area contributed by atoms with Gasteiger partial charge in [0.15, 0.2) is 11.6 Å². The lowest BCUT2D eigenvalue weighted by Gasteiger charge is -2.32. The molecule has 10 rings (SSSR count). The van der Waals surface area contributed by atoms with Crippen molar-refractivity contribution in [3.63, 3.8) is 0 Å². The molecule has 0 amide bonds. The summed E-state index contributed by atoms with van der Waals surface area (Å²) >= 11 is 1.68. The highest BCUT2D eigenvalue weighted by Gasteiger charge is 2.29. The fourth-order valence-electron chi connectivity index (χ4n) is 6.64. The second-order valence-corrected chi connectivity index (χ2v) is 12.4. The summed E-state index contributed by atoms with van der Waals surface area (Å²) in [6, 6.07) is 37.2. The van der Waals surface area contributed by atoms with Gasteiger partial charge in [-0.2, -0.15) is 9.97 Å². The number of nitrogens with zero attached hydrogens (tertiary/aromatic N) is 4. The van der Waals surface area contributed by atoms with Crippen LogP contribution in [0.25, 0.3) is 75.6 Å². The molecule has 0 unspecified atom stereocenters. The minimum atomic E-state index is -0.474. The van der Waals surface area contributed by atoms with Gasteiger partial charge in [0.05, 0.1) is 18.2 Å². The number of benzene rings is 7. The molecule has 0 atom stereocenters. The molecule has 0 bridgehead atoms. The molecule has 4 nitrogen and oxygen atoms in total. The average Bonchev–Trinajstić information content (AvgIpc) is 3.54. The van der Waals surface area contributed by atoms with Gasteiger partial charge in [-0.15, -0.1) is 11.3 Å². The maximum atomic E-state index is 8.84. The summed E-state index contributed by atoms with van der Waals surface area (Å²) < 4.78 is 45.0. The largest absolute Gasteiger partial charge is 0.278 e. The number of fused-ring (bicyclic) bond motifs is 6. The predicted molar refractivity (Wildman–Crippen MR) is 192 cm³/mol. The van der Waals surface area contributed by atoms with E-state index in [-0.39, 0.29) is 29.4 Å². The summed E-state index contributed by atoms with van der Waals surface area (Å²) in [5.41, 5.74) is 4.48. The van der Waals surface area contributed by atoms with E-state index in [2.05, 4.69) is 72.8 Å². The van der Waals surface area contributed by atoms with Crippen LogP contribution >= 0.6 is 11.3 Å². The highest BCUT2D eigenvalue weighted by molar-refractivity contribution is 7.25. The van der Waals surface area contributed by atoms with Crippen LogP contribution in [0.2, 0.25) is 0 Å². The minimum absolute atomic E-state index is 0.00295. The molecule has 3 heterocycles. The molecule has 2 aromatic heterocycles. The van der Waals surface area contributed by atoms with Crippen LogP contribution in [0.5, 0.6) is 0 Å². The monoisotopic (exact) mass is 609 g/mol. The van der Waals surface area contributed by atoms with Gasteiger partial charge in [0.1, 0.15) is 0 Å². The van der Waals surface area contributed by atoms with E-state index in [1.807, 2.05) is 47.4 Å². The maximum absolute atomic E-state index is 8.84. The molecule has 1 aliphatic heterocycles. The van der Waals surface area contributed by atoms with Gasteiger partial charge in [0.25, 0.3) is 0 Å². The fourth-order valence-corrected chi connectivity index (χ4v) is 7.78. The number of hydrogen-bond donors (Lipinski definition) is 0. The Kier molecular flexibility index (Phi) is 4.46. The van der Waals surface area contributed by atoms with Crippen molar-refractivity contribution >= 4 is 70.4 Å². The van der Waals surface area contributed by atoms with E-state index in [0.717, 1.165) is 59.7 Å². The molecule has 0 fully saturated rings. The van der Waals surface area contributed by atoms with Crippen LogP contribution in [0.15, 0.2) is 145 Å². The summed E-state index contributed by atoms with van der Waals surface area (Å²) in [5, 5.41) is 6.54. The average molecular weight is 610 g/mol. The first-order chi connectivity index (χ1) is 24.9. The summed E-state index contributed by atoms with van der Waals surface area (Å²) in [7, 11) is 0. The zero-order chi connectivity index (χ0) is 34.5. The summed E-state index contributed by atoms with van der Waals surface area (Å²) in [5.74, 6) is 0.600. The lowest BCUT2D eigenvalue weighted by molar-refractivity contribution is 1.02. The Balaban J connectivity index is 1.29. The molecule has 9 aromatic rings. The normalized spacial score (nSPS) is 13.8. The van der Waals surface area contributed by atoms with E-state index < -0.39 is 18.1 Å². The van der Waals surface area contributed by atoms with Gasteiger partial charge in [0.2, 0.25) is 5.95 Å². The van der Waals surface area contributed by atoms with Crippen LogP contribution in [0.4, 0.5) is 17.3 Å². The third-order valence-electron chi connectivity index (χ3n) is 8.70. The van der Waals surface area contributed by atoms with Crippen LogP contribution in [-0.2, 0) is 0 Å². The van der Waals surface area contributed by atoms with Crippen molar-refractivity contribution in [2.45, 2.75) is 0 Å². The molecule has 0 N–H and O–H groups in total. The third kappa shape index (κ3) is 3.82. The maximum Gasteiger partial charge on any atom is 0.238 e. The molecule has 1 aliphatic rings. The van der Waals surface area contributed by atoms with Crippen molar-refractivity contribution in [2.75, 3.05) is 4.90 Å². The number of aromatic nitrogens is 3. The second-order valence-electron chi connectivity index (χ2n) is 11.3. The van der Waals surface area contributed by atoms with Crippen molar-refractivity contribution in [1.82, 2.24) is 15.0 Å². The SMILES string of the molecule is [2H]c1c([2H])c([2H])c(-c2nc(-c3ccc4c(c3)sc3ccccc34)nc(N3c4cc5ccccc5cc4-c4cccc5cccc3c45)n2)c([2H])c1[2H]. The van der Waals surface area contributed by atoms with E-state index in [9.17, 15) is 0 Å². The Morgan fingerprint density at radius 3 is 2.11 bits per heavy atom. The first-order valence-electron chi connectivity index (χ1n) is 17.5. The molecular weight excluding hydrogens is 581 g/mol. The van der Waals surface area contributed by atoms with Crippen LogP contribution in [0, 0.1) is 0 Å². The topological polar surface area (TPSA) is 41.9 Å². The molecule has 0 saturated carbocycles. The zero-order valence-electron chi connectivity index (χ0n) is 29.2. The molecule has 0 aliphatic carbocycles. The van der Waals surface area contributed by atoms with Crippen LogP contribution in [0.3, 0.4) is 0 Å². The molecule has 214 valence electrons. The molecule has 0 spiro atoms. The van der Waals surface area contributed by atoms with E-state index in [1.54, 1.807) is 11.3 Å². The Hall–Kier alpha value is -5.91. The smallest absolute Gasteiger partial charge is 0.238 e. The highest BCUT2D eigenvalue weighted by atomic mass is 32.1. The Morgan fingerprint density at radius 2 is 1.24 bits per heavy atom. The first-order valence-corrected chi connectivity index (χ1v) is 15.8. The molecule has 0 radical (unpaired) electrons. The summed E-state index contributed by atoms with van der Waals surface area (Å²) in [4.78, 5) is 17.0. The highest BCUT2D eigenvalue weighted by Crippen LogP contribution is 2.51. The zero-order valence-corrected chi connectivity index (χ0v) is 25.0. The number of rotatable bonds is 3. The Morgan fingerprint density at radius 1 is 0.522 bits per heavy atom. The van der Waals surface area contributed by atoms with Gasteiger partial charge in [-0.1, -0.05) is 115 Å². The number of anilines is 3. The fraction of sp³-hybridized carbons (Fsp3) is 0. The molecule has 46 heavy (non-hydrogen) atoms. The van der Waals surface area contributed by atoms with Crippen molar-refractivity contribution in [1.29, 1.82) is 0 Å². The molecule has 5 heteroatoms. The van der Waals surface area contributed by atoms with Gasteiger partial charge in [-0.25, -0.2) is 4.98 Å². The summed E-state index contributed by atoms with van der Waals surface area (Å²) in [6.45, 7) is 0. The first kappa shape index (κ1) is 20.9. The van der Waals surface area contributed by atoms with Crippen molar-refractivity contribution in [3.05, 3.63) is 145 Å². The molecule has 0 saturated heterocycles. The van der Waals surface area contributed by atoms with Gasteiger partial charge in [-0.05, 0) is 52.1 Å². The number of thiophene rings is 1. The minimum Gasteiger partial charge on any atom is -0.278 e. The number of hydrogen-bond acceptors (Lipinski definition) is 5. The van der Waals surface area contributed by atoms with Gasteiger partial charge < -0.3 is 0 Å². The van der Waals surface area contributed by atoms with E-state index >= 15 is 0 Å². The standard InChI is InChI=1S/C41H24N4S/c1-2-10-26(11-3-1)39-42-40(29-20-21-31-30-16-6-7-19-36(30)46-37(31)24-29)44-41(43-39)45-34-18-9-15-25-14-8-17-32(38(25)34)33-22-27-12-4-5-13-28(27)23-35(33)45/h1-24H/i1D,2D,3D,10D,11D. The van der Waals surface area contributed by atoms with Crippen LogP contribution in [0.1, 0.15) is 6.85 Å². The Labute approximate surface area is 275 Å². The van der Waals surface area contributed by atoms with Gasteiger partial charge >= 0.3 is 0 Å². The lowest BCUT2D eigenvalue weighted by Crippen LogP contribution is -2.18. The Bertz CT molecular complexity index is 2930. The lowest BCUT2D eigenvalue weighted by atomic mass is 9.90. The van der Waals surface area contributed by atoms with Crippen LogP contribution < -0.4 is 4.90 Å². The van der Waals surface area contributed by atoms with Gasteiger partial charge in [-0.3, -0.25) is 4.90 Å². The third-order valence-corrected chi connectivity index (χ3v) is 9.84. The van der Waals surface area contributed by atoms with Gasteiger partial charge in [0, 0.05) is 42.2 Å². The second kappa shape index (κ2) is 9.80. The van der Waals surface area contributed by atoms with Crippen molar-refractivity contribution in [3.8, 4) is 33.9 Å². The summed E-state index contributed by atoms with van der Waals surface area (Å²) in [6.07, 6.45) is 0. The van der Waals surface area contributed by atoms with Crippen LogP contribution in [-0.4, -0.2) is 15.0 Å². The van der Waals surface area contributed by atoms with E-state index in [0.29, 0.717) is 5.82 Å². The van der Waals surface area contributed by atoms with Crippen molar-refractivity contribution in [2.24, 2.45) is 0 Å². The van der Waals surface area contributed by atoms with Crippen molar-refractivity contribution < 1.29 is 6.85 Å². The quantitative estimate of drug-likeness (QED) is 0.200. The predicted octanol–water partition coefficient (Wildman–Crippen LogP) is 11.3. The van der Waals surface area contributed by atoms with E-state index in [4.69, 9.17) is 21.8 Å². The molecule has 7 aromatic carbocycles.